The molecule has 0 amide bonds. The van der Waals surface area contributed by atoms with E-state index in [1.165, 1.54) is 12.5 Å². The molecule has 18 heavy (non-hydrogen) atoms. The number of halogens is 1. The van der Waals surface area contributed by atoms with Gasteiger partial charge in [-0.2, -0.15) is 0 Å². The number of piperidine rings is 1. The Labute approximate surface area is 111 Å². The van der Waals surface area contributed by atoms with Crippen molar-refractivity contribution in [1.29, 1.82) is 0 Å². The summed E-state index contributed by atoms with van der Waals surface area (Å²) in [5.41, 5.74) is 6.65. The number of anilines is 1. The van der Waals surface area contributed by atoms with Crippen LogP contribution in [0.4, 0.5) is 11.4 Å². The quantitative estimate of drug-likeness (QED) is 0.520. The summed E-state index contributed by atoms with van der Waals surface area (Å²) in [7, 11) is 0. The molecule has 2 N–H and O–H groups in total. The number of nitro groups is 1. The van der Waals surface area contributed by atoms with E-state index in [1.54, 1.807) is 6.07 Å². The van der Waals surface area contributed by atoms with Gasteiger partial charge >= 0.3 is 0 Å². The van der Waals surface area contributed by atoms with E-state index in [-0.39, 0.29) is 11.4 Å². The first kappa shape index (κ1) is 13.1. The first-order chi connectivity index (χ1) is 8.59. The molecule has 1 heterocycles. The van der Waals surface area contributed by atoms with Gasteiger partial charge in [-0.15, -0.1) is 0 Å². The van der Waals surface area contributed by atoms with Gasteiger partial charge in [0.05, 0.1) is 4.92 Å². The zero-order valence-corrected chi connectivity index (χ0v) is 10.8. The molecule has 1 aliphatic rings. The maximum atomic E-state index is 10.8. The van der Waals surface area contributed by atoms with Crippen molar-refractivity contribution in [2.75, 3.05) is 18.8 Å². The lowest BCUT2D eigenvalue weighted by Crippen LogP contribution is -2.29. The van der Waals surface area contributed by atoms with Crippen LogP contribution in [0.25, 0.3) is 0 Å². The Bertz CT molecular complexity index is 459. The minimum atomic E-state index is -0.467. The van der Waals surface area contributed by atoms with E-state index in [0.29, 0.717) is 17.1 Å². The predicted molar refractivity (Wildman–Crippen MR) is 71.6 cm³/mol. The Morgan fingerprint density at radius 3 is 2.61 bits per heavy atom. The van der Waals surface area contributed by atoms with Gasteiger partial charge in [0.25, 0.3) is 5.69 Å². The number of nitro benzene ring substituents is 1. The van der Waals surface area contributed by atoms with Gasteiger partial charge in [-0.1, -0.05) is 18.0 Å². The molecule has 1 aromatic carbocycles. The van der Waals surface area contributed by atoms with Gasteiger partial charge in [-0.25, -0.2) is 0 Å². The van der Waals surface area contributed by atoms with Gasteiger partial charge < -0.3 is 5.73 Å². The highest BCUT2D eigenvalue weighted by Crippen LogP contribution is 2.32. The first-order valence-corrected chi connectivity index (χ1v) is 6.41. The van der Waals surface area contributed by atoms with Crippen LogP contribution in [0.1, 0.15) is 24.8 Å². The normalized spacial score (nSPS) is 16.7. The third-order valence-electron chi connectivity index (χ3n) is 3.30. The largest absolute Gasteiger partial charge is 0.393 e. The second-order valence-corrected chi connectivity index (χ2v) is 4.96. The van der Waals surface area contributed by atoms with Gasteiger partial charge in [-0.3, -0.25) is 15.0 Å². The number of hydrogen-bond donors (Lipinski definition) is 1. The molecule has 0 spiro atoms. The molecule has 1 aliphatic heterocycles. The van der Waals surface area contributed by atoms with Crippen LogP contribution in [0.3, 0.4) is 0 Å². The molecule has 98 valence electrons. The summed E-state index contributed by atoms with van der Waals surface area (Å²) in [4.78, 5) is 12.6. The summed E-state index contributed by atoms with van der Waals surface area (Å²) in [6.07, 6.45) is 3.56. The van der Waals surface area contributed by atoms with Gasteiger partial charge in [0, 0.05) is 23.2 Å². The van der Waals surface area contributed by atoms with E-state index in [0.717, 1.165) is 25.9 Å². The van der Waals surface area contributed by atoms with Crippen LogP contribution < -0.4 is 5.73 Å². The van der Waals surface area contributed by atoms with Crippen molar-refractivity contribution in [2.45, 2.75) is 25.8 Å². The Hall–Kier alpha value is -1.33. The summed E-state index contributed by atoms with van der Waals surface area (Å²) in [6, 6.07) is 2.91. The van der Waals surface area contributed by atoms with Crippen molar-refractivity contribution in [3.05, 3.63) is 32.8 Å². The number of benzene rings is 1. The summed E-state index contributed by atoms with van der Waals surface area (Å²) in [6.45, 7) is 2.59. The molecule has 0 atom stereocenters. The number of nitrogen functional groups attached to an aromatic ring is 1. The zero-order valence-electron chi connectivity index (χ0n) is 10.1. The van der Waals surface area contributed by atoms with Crippen molar-refractivity contribution >= 4 is 23.0 Å². The highest BCUT2D eigenvalue weighted by Gasteiger charge is 2.20. The van der Waals surface area contributed by atoms with Crippen LogP contribution in [0.5, 0.6) is 0 Å². The predicted octanol–water partition coefficient (Wildman–Crippen LogP) is 2.82. The molecule has 0 saturated carbocycles. The standard InChI is InChI=1S/C12H16ClN3O2/c13-10-4-5-11(16(17)18)12(14)9(10)8-15-6-2-1-3-7-15/h4-5H,1-3,6-8,14H2. The van der Waals surface area contributed by atoms with Crippen molar-refractivity contribution in [3.8, 4) is 0 Å². The minimum Gasteiger partial charge on any atom is -0.393 e. The molecule has 0 radical (unpaired) electrons. The molecule has 1 aromatic rings. The monoisotopic (exact) mass is 269 g/mol. The molecule has 1 fully saturated rings. The molecule has 0 aromatic heterocycles. The molecule has 0 unspecified atom stereocenters. The van der Waals surface area contributed by atoms with Crippen molar-refractivity contribution in [2.24, 2.45) is 0 Å². The summed E-state index contributed by atoms with van der Waals surface area (Å²) in [5, 5.41) is 11.3. The third kappa shape index (κ3) is 2.73. The lowest BCUT2D eigenvalue weighted by atomic mass is 10.1. The Balaban J connectivity index is 2.25. The lowest BCUT2D eigenvalue weighted by molar-refractivity contribution is -0.384. The van der Waals surface area contributed by atoms with Gasteiger partial charge in [-0.05, 0) is 32.0 Å². The van der Waals surface area contributed by atoms with E-state index in [2.05, 4.69) is 4.90 Å². The number of hydrogen-bond acceptors (Lipinski definition) is 4. The van der Waals surface area contributed by atoms with Gasteiger partial charge in [0.2, 0.25) is 0 Å². The Morgan fingerprint density at radius 1 is 1.33 bits per heavy atom. The fraction of sp³-hybridized carbons (Fsp3) is 0.500. The van der Waals surface area contributed by atoms with Crippen molar-refractivity contribution in [3.63, 3.8) is 0 Å². The topological polar surface area (TPSA) is 72.4 Å². The van der Waals surface area contributed by atoms with Crippen LogP contribution in [-0.2, 0) is 6.54 Å². The van der Waals surface area contributed by atoms with E-state index in [1.807, 2.05) is 0 Å². The van der Waals surface area contributed by atoms with Gasteiger partial charge in [0.1, 0.15) is 5.69 Å². The Morgan fingerprint density at radius 2 is 2.00 bits per heavy atom. The molecular formula is C12H16ClN3O2. The molecule has 1 saturated heterocycles. The number of rotatable bonds is 3. The first-order valence-electron chi connectivity index (χ1n) is 6.03. The average molecular weight is 270 g/mol. The second kappa shape index (κ2) is 5.54. The highest BCUT2D eigenvalue weighted by molar-refractivity contribution is 6.31. The second-order valence-electron chi connectivity index (χ2n) is 4.55. The smallest absolute Gasteiger partial charge is 0.292 e. The maximum Gasteiger partial charge on any atom is 0.292 e. The number of nitrogens with zero attached hydrogens (tertiary/aromatic N) is 2. The molecule has 5 nitrogen and oxygen atoms in total. The number of likely N-dealkylation sites (tertiary alicyclic amines) is 1. The summed E-state index contributed by atoms with van der Waals surface area (Å²) >= 11 is 6.10. The Kier molecular flexibility index (Phi) is 4.04. The number of nitrogens with two attached hydrogens (primary N) is 1. The summed E-state index contributed by atoms with van der Waals surface area (Å²) < 4.78 is 0. The highest BCUT2D eigenvalue weighted by atomic mass is 35.5. The molecule has 0 bridgehead atoms. The lowest BCUT2D eigenvalue weighted by Gasteiger charge is -2.27. The fourth-order valence-corrected chi connectivity index (χ4v) is 2.51. The van der Waals surface area contributed by atoms with Crippen LogP contribution >= 0.6 is 11.6 Å². The summed E-state index contributed by atoms with van der Waals surface area (Å²) in [5.74, 6) is 0. The van der Waals surface area contributed by atoms with E-state index >= 15 is 0 Å². The molecule has 0 aliphatic carbocycles. The van der Waals surface area contributed by atoms with Gasteiger partial charge in [0.15, 0.2) is 0 Å². The minimum absolute atomic E-state index is 0.0635. The third-order valence-corrected chi connectivity index (χ3v) is 3.66. The van der Waals surface area contributed by atoms with Crippen molar-refractivity contribution < 1.29 is 4.92 Å². The van der Waals surface area contributed by atoms with Crippen LogP contribution in [-0.4, -0.2) is 22.9 Å². The molecule has 2 rings (SSSR count). The van der Waals surface area contributed by atoms with Crippen LogP contribution in [0, 0.1) is 10.1 Å². The van der Waals surface area contributed by atoms with E-state index in [4.69, 9.17) is 17.3 Å². The van der Waals surface area contributed by atoms with E-state index in [9.17, 15) is 10.1 Å². The van der Waals surface area contributed by atoms with E-state index < -0.39 is 4.92 Å². The van der Waals surface area contributed by atoms with Crippen molar-refractivity contribution in [1.82, 2.24) is 4.90 Å². The molecule has 6 heteroatoms. The SMILES string of the molecule is Nc1c([N+](=O)[O-])ccc(Cl)c1CN1CCCCC1. The fourth-order valence-electron chi connectivity index (χ4n) is 2.29. The maximum absolute atomic E-state index is 10.8. The van der Waals surface area contributed by atoms with Crippen LogP contribution in [0.2, 0.25) is 5.02 Å². The molecular weight excluding hydrogens is 254 g/mol. The van der Waals surface area contributed by atoms with Crippen LogP contribution in [0.15, 0.2) is 12.1 Å². The zero-order chi connectivity index (χ0) is 13.1. The average Bonchev–Trinajstić information content (AvgIpc) is 2.35.